The van der Waals surface area contributed by atoms with E-state index in [1.807, 2.05) is 0 Å². The molecule has 0 saturated heterocycles. The summed E-state index contributed by atoms with van der Waals surface area (Å²) in [6.45, 7) is 1.80. The number of amidine groups is 1. The number of aryl methyl sites for hydroxylation is 1. The van der Waals surface area contributed by atoms with Crippen LogP contribution >= 0.6 is 11.6 Å². The maximum absolute atomic E-state index is 13.2. The maximum atomic E-state index is 13.2. The zero-order valence-corrected chi connectivity index (χ0v) is 11.4. The van der Waals surface area contributed by atoms with Crippen LogP contribution in [0.5, 0.6) is 11.5 Å². The quantitative estimate of drug-likeness (QED) is 0.393. The second-order valence-corrected chi connectivity index (χ2v) is 4.55. The van der Waals surface area contributed by atoms with Crippen LogP contribution in [0.15, 0.2) is 41.6 Å². The SMILES string of the molecule is Cc1ccc(F)cc1Oc1ccc(/C(N)=N/O)cc1Cl. The molecular weight excluding hydrogens is 283 g/mol. The van der Waals surface area contributed by atoms with Gasteiger partial charge in [-0.3, -0.25) is 0 Å². The van der Waals surface area contributed by atoms with Crippen LogP contribution in [0, 0.1) is 12.7 Å². The summed E-state index contributed by atoms with van der Waals surface area (Å²) in [4.78, 5) is 0. The van der Waals surface area contributed by atoms with Gasteiger partial charge in [0, 0.05) is 11.6 Å². The van der Waals surface area contributed by atoms with Crippen LogP contribution in [0.1, 0.15) is 11.1 Å². The monoisotopic (exact) mass is 294 g/mol. The summed E-state index contributed by atoms with van der Waals surface area (Å²) < 4.78 is 18.8. The Labute approximate surface area is 120 Å². The van der Waals surface area contributed by atoms with E-state index in [2.05, 4.69) is 5.16 Å². The molecule has 0 fully saturated rings. The van der Waals surface area contributed by atoms with E-state index in [1.54, 1.807) is 25.1 Å². The van der Waals surface area contributed by atoms with Crippen molar-refractivity contribution >= 4 is 17.4 Å². The van der Waals surface area contributed by atoms with Crippen molar-refractivity contribution in [2.75, 3.05) is 0 Å². The van der Waals surface area contributed by atoms with Gasteiger partial charge >= 0.3 is 0 Å². The van der Waals surface area contributed by atoms with Gasteiger partial charge < -0.3 is 15.7 Å². The van der Waals surface area contributed by atoms with Gasteiger partial charge in [-0.05, 0) is 36.8 Å². The van der Waals surface area contributed by atoms with Crippen LogP contribution in [-0.4, -0.2) is 11.0 Å². The number of ether oxygens (including phenoxy) is 1. The number of benzene rings is 2. The van der Waals surface area contributed by atoms with Crippen molar-refractivity contribution in [3.05, 3.63) is 58.4 Å². The minimum Gasteiger partial charge on any atom is -0.455 e. The Morgan fingerprint density at radius 2 is 2.00 bits per heavy atom. The minimum absolute atomic E-state index is 0.0552. The van der Waals surface area contributed by atoms with Gasteiger partial charge in [0.25, 0.3) is 0 Å². The van der Waals surface area contributed by atoms with Gasteiger partial charge in [0.2, 0.25) is 0 Å². The summed E-state index contributed by atoms with van der Waals surface area (Å²) in [5.41, 5.74) is 6.70. The van der Waals surface area contributed by atoms with E-state index in [4.69, 9.17) is 27.3 Å². The van der Waals surface area contributed by atoms with Crippen LogP contribution in [-0.2, 0) is 0 Å². The molecule has 104 valence electrons. The molecule has 0 heterocycles. The first-order chi connectivity index (χ1) is 9.51. The molecule has 3 N–H and O–H groups in total. The number of oxime groups is 1. The third kappa shape index (κ3) is 3.00. The number of hydrogen-bond acceptors (Lipinski definition) is 3. The van der Waals surface area contributed by atoms with Gasteiger partial charge in [-0.1, -0.05) is 22.8 Å². The lowest BCUT2D eigenvalue weighted by molar-refractivity contribution is 0.318. The van der Waals surface area contributed by atoms with Gasteiger partial charge in [-0.15, -0.1) is 0 Å². The number of hydrogen-bond donors (Lipinski definition) is 2. The molecule has 2 rings (SSSR count). The van der Waals surface area contributed by atoms with Gasteiger partial charge in [0.1, 0.15) is 17.3 Å². The zero-order valence-electron chi connectivity index (χ0n) is 10.6. The summed E-state index contributed by atoms with van der Waals surface area (Å²) >= 11 is 6.06. The summed E-state index contributed by atoms with van der Waals surface area (Å²) in [5.74, 6) is 0.286. The van der Waals surface area contributed by atoms with Crippen molar-refractivity contribution in [3.8, 4) is 11.5 Å². The molecule has 0 aliphatic heterocycles. The molecule has 2 aromatic rings. The summed E-state index contributed by atoms with van der Waals surface area (Å²) in [6, 6.07) is 8.91. The third-order valence-corrected chi connectivity index (χ3v) is 3.00. The zero-order chi connectivity index (χ0) is 14.7. The molecule has 20 heavy (non-hydrogen) atoms. The molecule has 0 aromatic heterocycles. The number of nitrogens with two attached hydrogens (primary N) is 1. The van der Waals surface area contributed by atoms with Gasteiger partial charge in [-0.25, -0.2) is 4.39 Å². The highest BCUT2D eigenvalue weighted by molar-refractivity contribution is 6.32. The lowest BCUT2D eigenvalue weighted by Crippen LogP contribution is -2.12. The van der Waals surface area contributed by atoms with E-state index in [0.29, 0.717) is 17.1 Å². The Hall–Kier alpha value is -2.27. The molecule has 0 saturated carbocycles. The Bertz CT molecular complexity index is 674. The fourth-order valence-electron chi connectivity index (χ4n) is 1.60. The van der Waals surface area contributed by atoms with Crippen molar-refractivity contribution < 1.29 is 14.3 Å². The number of nitrogens with zero attached hydrogens (tertiary/aromatic N) is 1. The number of rotatable bonds is 3. The molecule has 0 radical (unpaired) electrons. The second kappa shape index (κ2) is 5.79. The van der Waals surface area contributed by atoms with Gasteiger partial charge in [0.05, 0.1) is 5.02 Å². The average molecular weight is 295 g/mol. The molecule has 4 nitrogen and oxygen atoms in total. The van der Waals surface area contributed by atoms with Crippen molar-refractivity contribution in [1.82, 2.24) is 0 Å². The predicted octanol–water partition coefficient (Wildman–Crippen LogP) is 3.67. The van der Waals surface area contributed by atoms with Crippen LogP contribution in [0.4, 0.5) is 4.39 Å². The first-order valence-electron chi connectivity index (χ1n) is 5.72. The highest BCUT2D eigenvalue weighted by atomic mass is 35.5. The van der Waals surface area contributed by atoms with Crippen molar-refractivity contribution in [2.45, 2.75) is 6.92 Å². The Morgan fingerprint density at radius 3 is 2.65 bits per heavy atom. The summed E-state index contributed by atoms with van der Waals surface area (Å²) in [5, 5.41) is 11.8. The minimum atomic E-state index is -0.394. The fraction of sp³-hybridized carbons (Fsp3) is 0.0714. The molecule has 0 atom stereocenters. The lowest BCUT2D eigenvalue weighted by Gasteiger charge is -2.11. The highest BCUT2D eigenvalue weighted by Crippen LogP contribution is 2.32. The molecule has 0 unspecified atom stereocenters. The lowest BCUT2D eigenvalue weighted by atomic mass is 10.2. The average Bonchev–Trinajstić information content (AvgIpc) is 2.44. The van der Waals surface area contributed by atoms with E-state index in [-0.39, 0.29) is 10.9 Å². The Morgan fingerprint density at radius 1 is 1.25 bits per heavy atom. The molecule has 0 spiro atoms. The van der Waals surface area contributed by atoms with Crippen LogP contribution in [0.25, 0.3) is 0 Å². The number of halogens is 2. The summed E-state index contributed by atoms with van der Waals surface area (Å²) in [7, 11) is 0. The largest absolute Gasteiger partial charge is 0.455 e. The van der Waals surface area contributed by atoms with Crippen molar-refractivity contribution in [1.29, 1.82) is 0 Å². The smallest absolute Gasteiger partial charge is 0.170 e. The van der Waals surface area contributed by atoms with E-state index >= 15 is 0 Å². The molecule has 6 heteroatoms. The van der Waals surface area contributed by atoms with E-state index in [0.717, 1.165) is 5.56 Å². The third-order valence-electron chi connectivity index (χ3n) is 2.71. The molecule has 0 amide bonds. The molecule has 2 aromatic carbocycles. The first-order valence-corrected chi connectivity index (χ1v) is 6.10. The van der Waals surface area contributed by atoms with Crippen LogP contribution in [0.3, 0.4) is 0 Å². The molecule has 0 aliphatic carbocycles. The molecule has 0 aliphatic rings. The van der Waals surface area contributed by atoms with E-state index in [9.17, 15) is 4.39 Å². The highest BCUT2D eigenvalue weighted by Gasteiger charge is 2.09. The Kier molecular flexibility index (Phi) is 4.10. The van der Waals surface area contributed by atoms with Gasteiger partial charge in [0.15, 0.2) is 5.84 Å². The maximum Gasteiger partial charge on any atom is 0.170 e. The van der Waals surface area contributed by atoms with Crippen molar-refractivity contribution in [3.63, 3.8) is 0 Å². The van der Waals surface area contributed by atoms with E-state index < -0.39 is 5.82 Å². The molecule has 0 bridgehead atoms. The predicted molar refractivity (Wildman–Crippen MR) is 75.2 cm³/mol. The second-order valence-electron chi connectivity index (χ2n) is 4.14. The first kappa shape index (κ1) is 14.1. The fourth-order valence-corrected chi connectivity index (χ4v) is 1.82. The topological polar surface area (TPSA) is 67.8 Å². The standard InChI is InChI=1S/C14H12ClFN2O2/c1-8-2-4-10(16)7-13(8)20-12-5-3-9(6-11(12)15)14(17)18-19/h2-7,19H,1H3,(H2,17,18). The van der Waals surface area contributed by atoms with Crippen LogP contribution < -0.4 is 10.5 Å². The Balaban J connectivity index is 2.33. The van der Waals surface area contributed by atoms with Crippen LogP contribution in [0.2, 0.25) is 5.02 Å². The molecular formula is C14H12ClFN2O2. The van der Waals surface area contributed by atoms with Crippen molar-refractivity contribution in [2.24, 2.45) is 10.9 Å². The summed E-state index contributed by atoms with van der Waals surface area (Å²) in [6.07, 6.45) is 0. The normalized spacial score (nSPS) is 11.4. The van der Waals surface area contributed by atoms with E-state index in [1.165, 1.54) is 18.2 Å². The van der Waals surface area contributed by atoms with Gasteiger partial charge in [-0.2, -0.15) is 0 Å².